The molecule has 5 rings (SSSR count). The smallest absolute Gasteiger partial charge is 0.316 e. The van der Waals surface area contributed by atoms with E-state index >= 15 is 0 Å². The highest BCUT2D eigenvalue weighted by Gasteiger charge is 2.50. The van der Waals surface area contributed by atoms with Crippen LogP contribution in [0.5, 0.6) is 5.75 Å². The van der Waals surface area contributed by atoms with Gasteiger partial charge in [0.05, 0.1) is 23.4 Å². The van der Waals surface area contributed by atoms with Crippen LogP contribution in [0.25, 0.3) is 0 Å². The van der Waals surface area contributed by atoms with Crippen molar-refractivity contribution in [2.45, 2.75) is 32.6 Å². The maximum atomic E-state index is 12.9. The van der Waals surface area contributed by atoms with Crippen molar-refractivity contribution in [1.82, 2.24) is 0 Å². The summed E-state index contributed by atoms with van der Waals surface area (Å²) in [6.07, 6.45) is 2.52. The Kier molecular flexibility index (Phi) is 5.90. The fraction of sp³-hybridized carbons (Fsp3) is 0.385. The lowest BCUT2D eigenvalue weighted by Gasteiger charge is -2.25. The predicted octanol–water partition coefficient (Wildman–Crippen LogP) is 4.22. The van der Waals surface area contributed by atoms with Crippen LogP contribution in [-0.2, 0) is 19.2 Å². The van der Waals surface area contributed by atoms with Crippen LogP contribution in [0.3, 0.4) is 0 Å². The maximum Gasteiger partial charge on any atom is 0.316 e. The summed E-state index contributed by atoms with van der Waals surface area (Å²) in [4.78, 5) is 53.7. The number of fused-ring (bicyclic) bond motifs is 1. The van der Waals surface area contributed by atoms with Gasteiger partial charge in [-0.25, -0.2) is 0 Å². The summed E-state index contributed by atoms with van der Waals surface area (Å²) in [6.45, 7) is 2.35. The van der Waals surface area contributed by atoms with Crippen LogP contribution in [0, 0.1) is 23.7 Å². The van der Waals surface area contributed by atoms with Gasteiger partial charge in [-0.05, 0) is 73.7 Å². The van der Waals surface area contributed by atoms with Crippen LogP contribution in [0.1, 0.15) is 32.6 Å². The lowest BCUT2D eigenvalue weighted by Crippen LogP contribution is -2.30. The molecule has 3 aliphatic rings. The molecule has 2 heterocycles. The Morgan fingerprint density at radius 3 is 2.26 bits per heavy atom. The molecule has 7 nitrogen and oxygen atoms in total. The molecule has 2 aromatic rings. The van der Waals surface area contributed by atoms with Crippen molar-refractivity contribution in [3.05, 3.63) is 53.6 Å². The average Bonchev–Trinajstić information content (AvgIpc) is 3.32. The minimum atomic E-state index is -0.588. The summed E-state index contributed by atoms with van der Waals surface area (Å²) in [6, 6.07) is 13.3. The van der Waals surface area contributed by atoms with Gasteiger partial charge in [0, 0.05) is 23.7 Å². The molecule has 34 heavy (non-hydrogen) atoms. The van der Waals surface area contributed by atoms with Gasteiger partial charge in [-0.15, -0.1) is 0 Å². The molecule has 1 saturated carbocycles. The second kappa shape index (κ2) is 8.87. The van der Waals surface area contributed by atoms with E-state index < -0.39 is 11.9 Å². The Morgan fingerprint density at radius 1 is 0.912 bits per heavy atom. The first kappa shape index (κ1) is 22.6. The number of carbonyl (C=O) groups is 4. The lowest BCUT2D eigenvalue weighted by atomic mass is 9.76. The van der Waals surface area contributed by atoms with E-state index in [1.807, 2.05) is 0 Å². The Hall–Kier alpha value is -3.19. The highest BCUT2D eigenvalue weighted by atomic mass is 35.5. The zero-order valence-electron chi connectivity index (χ0n) is 18.8. The molecule has 2 aromatic carbocycles. The molecule has 0 aromatic heterocycles. The topological polar surface area (TPSA) is 84.0 Å². The standard InChI is InChI=1S/C26H25ClN2O5/c1-15-2-11-21-22(12-15)25(32)29(24(21)31)19-7-9-20(10-8-19)34-26(33)16-13-23(30)28(14-16)18-5-3-17(27)4-6-18/h3-10,15-16,21-22H,2,11-14H2,1H3/t15-,16-,21+,22+/m1/s1. The van der Waals surface area contributed by atoms with Crippen LogP contribution in [0.4, 0.5) is 11.4 Å². The number of rotatable bonds is 4. The van der Waals surface area contributed by atoms with Gasteiger partial charge in [0.15, 0.2) is 0 Å². The third-order valence-corrected chi connectivity index (χ3v) is 7.35. The van der Waals surface area contributed by atoms with Crippen LogP contribution >= 0.6 is 11.6 Å². The van der Waals surface area contributed by atoms with Crippen molar-refractivity contribution in [2.75, 3.05) is 16.3 Å². The largest absolute Gasteiger partial charge is 0.426 e. The second-order valence-electron chi connectivity index (χ2n) is 9.44. The Bertz CT molecular complexity index is 1150. The average molecular weight is 481 g/mol. The molecule has 3 fully saturated rings. The summed E-state index contributed by atoms with van der Waals surface area (Å²) < 4.78 is 5.50. The first-order valence-corrected chi connectivity index (χ1v) is 11.9. The summed E-state index contributed by atoms with van der Waals surface area (Å²) in [5.41, 5.74) is 1.17. The molecule has 2 aliphatic heterocycles. The molecule has 3 amide bonds. The lowest BCUT2D eigenvalue weighted by molar-refractivity contribution is -0.139. The number of hydrogen-bond donors (Lipinski definition) is 0. The molecule has 1 aliphatic carbocycles. The van der Waals surface area contributed by atoms with Gasteiger partial charge in [-0.3, -0.25) is 24.1 Å². The van der Waals surface area contributed by atoms with Gasteiger partial charge in [0.1, 0.15) is 5.75 Å². The first-order chi connectivity index (χ1) is 16.3. The number of benzene rings is 2. The van der Waals surface area contributed by atoms with E-state index in [1.165, 1.54) is 4.90 Å². The summed E-state index contributed by atoms with van der Waals surface area (Å²) in [7, 11) is 0. The number of anilines is 2. The van der Waals surface area contributed by atoms with Crippen LogP contribution in [0.2, 0.25) is 5.02 Å². The summed E-state index contributed by atoms with van der Waals surface area (Å²) in [5, 5.41) is 0.570. The van der Waals surface area contributed by atoms with Crippen LogP contribution in [0.15, 0.2) is 48.5 Å². The highest BCUT2D eigenvalue weighted by Crippen LogP contribution is 2.42. The normalized spacial score (nSPS) is 26.7. The predicted molar refractivity (Wildman–Crippen MR) is 126 cm³/mol. The van der Waals surface area contributed by atoms with Crippen molar-refractivity contribution in [3.63, 3.8) is 0 Å². The van der Waals surface area contributed by atoms with Gasteiger partial charge in [-0.1, -0.05) is 18.5 Å². The van der Waals surface area contributed by atoms with E-state index in [0.29, 0.717) is 28.1 Å². The molecular weight excluding hydrogens is 456 g/mol. The number of imide groups is 1. The van der Waals surface area contributed by atoms with Crippen LogP contribution < -0.4 is 14.5 Å². The van der Waals surface area contributed by atoms with Gasteiger partial charge in [-0.2, -0.15) is 0 Å². The Labute approximate surface area is 202 Å². The minimum Gasteiger partial charge on any atom is -0.426 e. The molecule has 8 heteroatoms. The SMILES string of the molecule is C[C@@H]1CC[C@@H]2C(=O)N(c3ccc(OC(=O)[C@@H]4CC(=O)N(c5ccc(Cl)cc5)C4)cc3)C(=O)[C@H]2C1. The molecule has 0 unspecified atom stereocenters. The Morgan fingerprint density at radius 2 is 1.56 bits per heavy atom. The molecule has 4 atom stereocenters. The fourth-order valence-electron chi connectivity index (χ4n) is 5.24. The maximum absolute atomic E-state index is 12.9. The molecule has 0 bridgehead atoms. The van der Waals surface area contributed by atoms with Crippen molar-refractivity contribution >= 4 is 46.7 Å². The minimum absolute atomic E-state index is 0.0670. The summed E-state index contributed by atoms with van der Waals surface area (Å²) in [5.74, 6) is -1.24. The highest BCUT2D eigenvalue weighted by molar-refractivity contribution is 6.30. The van der Waals surface area contributed by atoms with E-state index in [2.05, 4.69) is 6.92 Å². The summed E-state index contributed by atoms with van der Waals surface area (Å²) >= 11 is 5.91. The second-order valence-corrected chi connectivity index (χ2v) is 9.88. The number of ether oxygens (including phenoxy) is 1. The van der Waals surface area contributed by atoms with Crippen LogP contribution in [-0.4, -0.2) is 30.2 Å². The number of hydrogen-bond acceptors (Lipinski definition) is 5. The fourth-order valence-corrected chi connectivity index (χ4v) is 5.37. The van der Waals surface area contributed by atoms with Gasteiger partial charge < -0.3 is 9.64 Å². The third kappa shape index (κ3) is 4.09. The van der Waals surface area contributed by atoms with Crippen molar-refractivity contribution < 1.29 is 23.9 Å². The molecule has 0 N–H and O–H groups in total. The number of carbonyl (C=O) groups excluding carboxylic acids is 4. The van der Waals surface area contributed by atoms with Gasteiger partial charge >= 0.3 is 5.97 Å². The number of nitrogens with zero attached hydrogens (tertiary/aromatic N) is 2. The molecule has 2 saturated heterocycles. The van der Waals surface area contributed by atoms with E-state index in [1.54, 1.807) is 53.4 Å². The Balaban J connectivity index is 1.24. The molecule has 0 radical (unpaired) electrons. The van der Waals surface area contributed by atoms with E-state index in [9.17, 15) is 19.2 Å². The molecular formula is C26H25ClN2O5. The zero-order valence-corrected chi connectivity index (χ0v) is 19.5. The number of halogens is 1. The van der Waals surface area contributed by atoms with Gasteiger partial charge in [0.25, 0.3) is 0 Å². The third-order valence-electron chi connectivity index (χ3n) is 7.10. The van der Waals surface area contributed by atoms with E-state index in [0.717, 1.165) is 19.3 Å². The molecule has 176 valence electrons. The number of amides is 3. The van der Waals surface area contributed by atoms with Crippen molar-refractivity contribution in [3.8, 4) is 5.75 Å². The van der Waals surface area contributed by atoms with E-state index in [-0.39, 0.29) is 42.5 Å². The number of esters is 1. The molecule has 0 spiro atoms. The van der Waals surface area contributed by atoms with Gasteiger partial charge in [0.2, 0.25) is 17.7 Å². The zero-order chi connectivity index (χ0) is 24.0. The monoisotopic (exact) mass is 480 g/mol. The van der Waals surface area contributed by atoms with Crippen molar-refractivity contribution in [2.24, 2.45) is 23.7 Å². The van der Waals surface area contributed by atoms with Crippen molar-refractivity contribution in [1.29, 1.82) is 0 Å². The quantitative estimate of drug-likeness (QED) is 0.371. The van der Waals surface area contributed by atoms with E-state index in [4.69, 9.17) is 16.3 Å². The first-order valence-electron chi connectivity index (χ1n) is 11.6.